The molecule has 1 aromatic heterocycles. The predicted octanol–water partition coefficient (Wildman–Crippen LogP) is 2.65. The number of nitrogens with one attached hydrogen (secondary N) is 2. The Labute approximate surface area is 213 Å². The summed E-state index contributed by atoms with van der Waals surface area (Å²) in [6.07, 6.45) is 3.01. The van der Waals surface area contributed by atoms with Gasteiger partial charge >= 0.3 is 0 Å². The fourth-order valence-electron chi connectivity index (χ4n) is 4.80. The molecule has 1 saturated carbocycles. The molecule has 1 unspecified atom stereocenters. The molecule has 0 radical (unpaired) electrons. The Balaban J connectivity index is 1.36. The highest BCUT2D eigenvalue weighted by atomic mass is 19.1. The van der Waals surface area contributed by atoms with Crippen LogP contribution in [0.2, 0.25) is 0 Å². The molecular formula is C27H28FN5O4. The number of fused-ring (bicyclic) bond motifs is 1. The first kappa shape index (κ1) is 24.5. The SMILES string of the molecule is COc1ccccc1CNC(=O)C1(C)Cn2cnc(C(=O)NCc3ccc(F)cc3)c2C(=O)N1C1CC1. The van der Waals surface area contributed by atoms with Gasteiger partial charge in [-0.15, -0.1) is 0 Å². The summed E-state index contributed by atoms with van der Waals surface area (Å²) in [6.45, 7) is 2.33. The number of methoxy groups -OCH3 is 1. The Bertz CT molecular complexity index is 1350. The number of benzene rings is 2. The first-order valence-electron chi connectivity index (χ1n) is 12.1. The smallest absolute Gasteiger partial charge is 0.274 e. The van der Waals surface area contributed by atoms with E-state index in [4.69, 9.17) is 4.74 Å². The topological polar surface area (TPSA) is 106 Å². The number of ether oxygens (including phenoxy) is 1. The molecule has 3 aromatic rings. The number of carbonyl (C=O) groups excluding carboxylic acids is 3. The van der Waals surface area contributed by atoms with Crippen LogP contribution in [0.4, 0.5) is 4.39 Å². The van der Waals surface area contributed by atoms with Crippen molar-refractivity contribution in [1.82, 2.24) is 25.1 Å². The summed E-state index contributed by atoms with van der Waals surface area (Å²) >= 11 is 0. The highest BCUT2D eigenvalue weighted by Gasteiger charge is 2.53. The molecule has 2 aliphatic rings. The molecule has 0 bridgehead atoms. The molecule has 0 spiro atoms. The zero-order chi connectivity index (χ0) is 26.2. The van der Waals surface area contributed by atoms with Crippen molar-refractivity contribution >= 4 is 17.7 Å². The maximum absolute atomic E-state index is 13.7. The minimum absolute atomic E-state index is 0.00856. The maximum atomic E-state index is 13.7. The van der Waals surface area contributed by atoms with E-state index in [2.05, 4.69) is 15.6 Å². The number of hydrogen-bond acceptors (Lipinski definition) is 5. The Morgan fingerprint density at radius 2 is 1.84 bits per heavy atom. The normalized spacial score (nSPS) is 18.8. The number of imidazole rings is 1. The Kier molecular flexibility index (Phi) is 6.41. The summed E-state index contributed by atoms with van der Waals surface area (Å²) in [7, 11) is 1.57. The van der Waals surface area contributed by atoms with E-state index in [1.165, 1.54) is 18.5 Å². The largest absolute Gasteiger partial charge is 0.496 e. The molecular weight excluding hydrogens is 477 g/mol. The lowest BCUT2D eigenvalue weighted by molar-refractivity contribution is -0.133. The third-order valence-corrected chi connectivity index (χ3v) is 6.88. The Hall–Kier alpha value is -4.21. The van der Waals surface area contributed by atoms with Gasteiger partial charge in [-0.1, -0.05) is 30.3 Å². The van der Waals surface area contributed by atoms with Gasteiger partial charge in [0.2, 0.25) is 5.91 Å². The quantitative estimate of drug-likeness (QED) is 0.490. The average Bonchev–Trinajstić information content (AvgIpc) is 3.64. The molecule has 1 atom stereocenters. The number of rotatable bonds is 8. The summed E-state index contributed by atoms with van der Waals surface area (Å²) in [5.74, 6) is -0.890. The van der Waals surface area contributed by atoms with Crippen LogP contribution in [-0.2, 0) is 24.4 Å². The Morgan fingerprint density at radius 3 is 2.54 bits per heavy atom. The van der Waals surface area contributed by atoms with E-state index < -0.39 is 17.4 Å². The van der Waals surface area contributed by atoms with Gasteiger partial charge in [-0.25, -0.2) is 9.37 Å². The van der Waals surface area contributed by atoms with Gasteiger partial charge in [0, 0.05) is 24.7 Å². The van der Waals surface area contributed by atoms with Crippen molar-refractivity contribution in [3.8, 4) is 5.75 Å². The number of amides is 3. The Morgan fingerprint density at radius 1 is 1.11 bits per heavy atom. The molecule has 3 amide bonds. The van der Waals surface area contributed by atoms with Crippen LogP contribution in [0, 0.1) is 5.82 Å². The number of nitrogens with zero attached hydrogens (tertiary/aromatic N) is 3. The lowest BCUT2D eigenvalue weighted by Crippen LogP contribution is -2.64. The highest BCUT2D eigenvalue weighted by molar-refractivity contribution is 6.07. The van der Waals surface area contributed by atoms with Crippen LogP contribution in [0.3, 0.4) is 0 Å². The van der Waals surface area contributed by atoms with Crippen molar-refractivity contribution in [2.75, 3.05) is 7.11 Å². The second kappa shape index (κ2) is 9.68. The van der Waals surface area contributed by atoms with E-state index in [9.17, 15) is 18.8 Å². The van der Waals surface area contributed by atoms with E-state index in [1.807, 2.05) is 24.3 Å². The molecule has 2 N–H and O–H groups in total. The molecule has 192 valence electrons. The predicted molar refractivity (Wildman–Crippen MR) is 132 cm³/mol. The van der Waals surface area contributed by atoms with Gasteiger partial charge < -0.3 is 24.8 Å². The maximum Gasteiger partial charge on any atom is 0.274 e. The van der Waals surface area contributed by atoms with Crippen molar-refractivity contribution in [3.63, 3.8) is 0 Å². The van der Waals surface area contributed by atoms with Gasteiger partial charge in [0.25, 0.3) is 11.8 Å². The second-order valence-electron chi connectivity index (χ2n) is 9.55. The molecule has 2 heterocycles. The standard InChI is InChI=1S/C27H28FN5O4/c1-27(26(36)30-14-18-5-3-4-6-21(18)37-2)15-32-16-31-22(23(32)25(35)33(27)20-11-12-20)24(34)29-13-17-7-9-19(28)10-8-17/h3-10,16,20H,11-15H2,1-2H3,(H,29,34)(H,30,36). The molecule has 0 saturated heterocycles. The number of aromatic nitrogens is 2. The van der Waals surface area contributed by atoms with Crippen LogP contribution >= 0.6 is 0 Å². The lowest BCUT2D eigenvalue weighted by Gasteiger charge is -2.44. The molecule has 10 heteroatoms. The van der Waals surface area contributed by atoms with Crippen LogP contribution in [-0.4, -0.2) is 50.9 Å². The molecule has 9 nitrogen and oxygen atoms in total. The lowest BCUT2D eigenvalue weighted by atomic mass is 9.93. The van der Waals surface area contributed by atoms with Crippen LogP contribution in [0.15, 0.2) is 54.9 Å². The number of carbonyl (C=O) groups is 3. The van der Waals surface area contributed by atoms with Crippen molar-refractivity contribution in [2.45, 2.75) is 51.0 Å². The van der Waals surface area contributed by atoms with Crippen LogP contribution in [0.25, 0.3) is 0 Å². The fourth-order valence-corrected chi connectivity index (χ4v) is 4.80. The van der Waals surface area contributed by atoms with Crippen molar-refractivity contribution < 1.29 is 23.5 Å². The fraction of sp³-hybridized carbons (Fsp3) is 0.333. The highest BCUT2D eigenvalue weighted by Crippen LogP contribution is 2.39. The van der Waals surface area contributed by atoms with Crippen LogP contribution < -0.4 is 15.4 Å². The monoisotopic (exact) mass is 505 g/mol. The third kappa shape index (κ3) is 4.66. The zero-order valence-corrected chi connectivity index (χ0v) is 20.7. The summed E-state index contributed by atoms with van der Waals surface area (Å²) in [4.78, 5) is 46.0. The summed E-state index contributed by atoms with van der Waals surface area (Å²) in [6, 6.07) is 13.1. The van der Waals surface area contributed by atoms with Gasteiger partial charge in [0.1, 0.15) is 22.8 Å². The molecule has 2 aromatic carbocycles. The molecule has 1 fully saturated rings. The minimum Gasteiger partial charge on any atom is -0.496 e. The van der Waals surface area contributed by atoms with E-state index in [1.54, 1.807) is 35.6 Å². The van der Waals surface area contributed by atoms with E-state index >= 15 is 0 Å². The summed E-state index contributed by atoms with van der Waals surface area (Å²) < 4.78 is 20.1. The summed E-state index contributed by atoms with van der Waals surface area (Å²) in [5.41, 5.74) is 0.557. The molecule has 37 heavy (non-hydrogen) atoms. The van der Waals surface area contributed by atoms with Gasteiger partial charge in [0.15, 0.2) is 5.69 Å². The number of hydrogen-bond donors (Lipinski definition) is 2. The van der Waals surface area contributed by atoms with Crippen LogP contribution in [0.1, 0.15) is 51.9 Å². The average molecular weight is 506 g/mol. The van der Waals surface area contributed by atoms with E-state index in [-0.39, 0.29) is 48.8 Å². The van der Waals surface area contributed by atoms with Gasteiger partial charge in [-0.3, -0.25) is 14.4 Å². The van der Waals surface area contributed by atoms with Crippen LogP contribution in [0.5, 0.6) is 5.75 Å². The van der Waals surface area contributed by atoms with Gasteiger partial charge in [-0.05, 0) is 43.5 Å². The van der Waals surface area contributed by atoms with Crippen molar-refractivity contribution in [1.29, 1.82) is 0 Å². The van der Waals surface area contributed by atoms with Crippen molar-refractivity contribution in [3.05, 3.63) is 83.2 Å². The first-order valence-corrected chi connectivity index (χ1v) is 12.1. The molecule has 1 aliphatic heterocycles. The van der Waals surface area contributed by atoms with E-state index in [0.717, 1.165) is 18.4 Å². The molecule has 1 aliphatic carbocycles. The van der Waals surface area contributed by atoms with E-state index in [0.29, 0.717) is 11.3 Å². The third-order valence-electron chi connectivity index (χ3n) is 6.88. The van der Waals surface area contributed by atoms with Gasteiger partial charge in [-0.2, -0.15) is 0 Å². The first-order chi connectivity index (χ1) is 17.8. The summed E-state index contributed by atoms with van der Waals surface area (Å²) in [5, 5.41) is 5.71. The zero-order valence-electron chi connectivity index (χ0n) is 20.7. The number of para-hydroxylation sites is 1. The van der Waals surface area contributed by atoms with Crippen molar-refractivity contribution in [2.24, 2.45) is 0 Å². The minimum atomic E-state index is -1.16. The number of halogens is 1. The second-order valence-corrected chi connectivity index (χ2v) is 9.55. The molecule has 5 rings (SSSR count). The van der Waals surface area contributed by atoms with Gasteiger partial charge in [0.05, 0.1) is 20.0 Å².